The van der Waals surface area contributed by atoms with Crippen molar-refractivity contribution in [3.05, 3.63) is 34.9 Å². The Bertz CT molecular complexity index is 420. The standard InChI is InChI=1S/C13H16ClNO3/c1-2-18-13(17)6-7-15-12(16)9-10-4-3-5-11(14)8-10/h3-5,8H,2,6-7,9H2,1H3,(H,15,16). The van der Waals surface area contributed by atoms with Crippen LogP contribution in [0.2, 0.25) is 5.02 Å². The second-order valence-electron chi connectivity index (χ2n) is 3.71. The van der Waals surface area contributed by atoms with Gasteiger partial charge in [-0.05, 0) is 24.6 Å². The van der Waals surface area contributed by atoms with Gasteiger partial charge in [-0.3, -0.25) is 9.59 Å². The largest absolute Gasteiger partial charge is 0.466 e. The zero-order valence-electron chi connectivity index (χ0n) is 10.2. The minimum absolute atomic E-state index is 0.137. The Morgan fingerprint density at radius 1 is 1.39 bits per heavy atom. The van der Waals surface area contributed by atoms with Crippen molar-refractivity contribution in [2.75, 3.05) is 13.2 Å². The molecular formula is C13H16ClNO3. The third-order valence-corrected chi connectivity index (χ3v) is 2.45. The molecule has 1 N–H and O–H groups in total. The number of carbonyl (C=O) groups is 2. The molecule has 0 aliphatic heterocycles. The van der Waals surface area contributed by atoms with Crippen LogP contribution in [0.3, 0.4) is 0 Å². The van der Waals surface area contributed by atoms with Crippen molar-refractivity contribution in [3.63, 3.8) is 0 Å². The highest BCUT2D eigenvalue weighted by atomic mass is 35.5. The van der Waals surface area contributed by atoms with Gasteiger partial charge in [0.15, 0.2) is 0 Å². The van der Waals surface area contributed by atoms with Gasteiger partial charge in [-0.15, -0.1) is 0 Å². The van der Waals surface area contributed by atoms with Crippen LogP contribution in [0.4, 0.5) is 0 Å². The molecule has 98 valence electrons. The number of nitrogens with one attached hydrogen (secondary N) is 1. The van der Waals surface area contributed by atoms with Gasteiger partial charge in [0.1, 0.15) is 0 Å². The Hall–Kier alpha value is -1.55. The summed E-state index contributed by atoms with van der Waals surface area (Å²) in [4.78, 5) is 22.6. The van der Waals surface area contributed by atoms with Crippen molar-refractivity contribution in [1.29, 1.82) is 0 Å². The lowest BCUT2D eigenvalue weighted by atomic mass is 10.1. The van der Waals surface area contributed by atoms with Gasteiger partial charge >= 0.3 is 5.97 Å². The third-order valence-electron chi connectivity index (χ3n) is 2.21. The second kappa shape index (κ2) is 7.71. The van der Waals surface area contributed by atoms with E-state index in [1.165, 1.54) is 0 Å². The molecule has 1 rings (SSSR count). The fraction of sp³-hybridized carbons (Fsp3) is 0.385. The first-order valence-corrected chi connectivity index (χ1v) is 6.16. The number of esters is 1. The Balaban J connectivity index is 2.28. The molecular weight excluding hydrogens is 254 g/mol. The molecule has 0 heterocycles. The van der Waals surface area contributed by atoms with Crippen molar-refractivity contribution >= 4 is 23.5 Å². The lowest BCUT2D eigenvalue weighted by molar-refractivity contribution is -0.143. The van der Waals surface area contributed by atoms with Crippen LogP contribution in [0.15, 0.2) is 24.3 Å². The fourth-order valence-electron chi connectivity index (χ4n) is 1.43. The molecule has 18 heavy (non-hydrogen) atoms. The third kappa shape index (κ3) is 5.68. The summed E-state index contributed by atoms with van der Waals surface area (Å²) >= 11 is 5.82. The van der Waals surface area contributed by atoms with Gasteiger partial charge in [0.2, 0.25) is 5.91 Å². The fourth-order valence-corrected chi connectivity index (χ4v) is 1.64. The summed E-state index contributed by atoms with van der Waals surface area (Å²) in [6.07, 6.45) is 0.443. The lowest BCUT2D eigenvalue weighted by Gasteiger charge is -2.05. The topological polar surface area (TPSA) is 55.4 Å². The van der Waals surface area contributed by atoms with Crippen molar-refractivity contribution in [1.82, 2.24) is 5.32 Å². The van der Waals surface area contributed by atoms with E-state index in [9.17, 15) is 9.59 Å². The normalized spacial score (nSPS) is 9.89. The molecule has 1 aromatic carbocycles. The molecule has 0 bridgehead atoms. The summed E-state index contributed by atoms with van der Waals surface area (Å²) in [5.74, 6) is -0.442. The molecule has 0 aliphatic rings. The van der Waals surface area contributed by atoms with Gasteiger partial charge < -0.3 is 10.1 Å². The van der Waals surface area contributed by atoms with E-state index in [-0.39, 0.29) is 31.3 Å². The molecule has 0 aromatic heterocycles. The molecule has 0 fully saturated rings. The molecule has 5 heteroatoms. The Morgan fingerprint density at radius 2 is 2.17 bits per heavy atom. The SMILES string of the molecule is CCOC(=O)CCNC(=O)Cc1cccc(Cl)c1. The quantitative estimate of drug-likeness (QED) is 0.803. The maximum Gasteiger partial charge on any atom is 0.307 e. The van der Waals surface area contributed by atoms with Gasteiger partial charge in [0, 0.05) is 11.6 Å². The van der Waals surface area contributed by atoms with E-state index in [0.717, 1.165) is 5.56 Å². The molecule has 0 radical (unpaired) electrons. The van der Waals surface area contributed by atoms with E-state index in [4.69, 9.17) is 16.3 Å². The van der Waals surface area contributed by atoms with E-state index >= 15 is 0 Å². The van der Waals surface area contributed by atoms with Crippen LogP contribution in [-0.2, 0) is 20.7 Å². The molecule has 0 aliphatic carbocycles. The number of ether oxygens (including phenoxy) is 1. The summed E-state index contributed by atoms with van der Waals surface area (Å²) in [6.45, 7) is 2.39. The van der Waals surface area contributed by atoms with Gasteiger partial charge in [0.25, 0.3) is 0 Å². The first-order valence-electron chi connectivity index (χ1n) is 5.78. The molecule has 4 nitrogen and oxygen atoms in total. The first kappa shape index (κ1) is 14.5. The summed E-state index contributed by atoms with van der Waals surface area (Å²) in [6, 6.07) is 7.12. The summed E-state index contributed by atoms with van der Waals surface area (Å²) in [5, 5.41) is 3.26. The van der Waals surface area contributed by atoms with Crippen LogP contribution in [0.25, 0.3) is 0 Å². The van der Waals surface area contributed by atoms with Gasteiger partial charge in [-0.2, -0.15) is 0 Å². The van der Waals surface area contributed by atoms with E-state index in [1.54, 1.807) is 25.1 Å². The molecule has 0 spiro atoms. The molecule has 0 saturated heterocycles. The Morgan fingerprint density at radius 3 is 2.83 bits per heavy atom. The van der Waals surface area contributed by atoms with Crippen molar-refractivity contribution in [3.8, 4) is 0 Å². The van der Waals surface area contributed by atoms with E-state index in [2.05, 4.69) is 5.32 Å². The van der Waals surface area contributed by atoms with E-state index < -0.39 is 0 Å². The van der Waals surface area contributed by atoms with Crippen LogP contribution >= 0.6 is 11.6 Å². The molecule has 0 atom stereocenters. The van der Waals surface area contributed by atoms with Crippen LogP contribution in [0.5, 0.6) is 0 Å². The zero-order valence-corrected chi connectivity index (χ0v) is 11.0. The average molecular weight is 270 g/mol. The van der Waals surface area contributed by atoms with Gasteiger partial charge in [-0.1, -0.05) is 23.7 Å². The summed E-state index contributed by atoms with van der Waals surface area (Å²) < 4.78 is 4.75. The lowest BCUT2D eigenvalue weighted by Crippen LogP contribution is -2.27. The highest BCUT2D eigenvalue weighted by Gasteiger charge is 2.05. The van der Waals surface area contributed by atoms with Crippen molar-refractivity contribution in [2.45, 2.75) is 19.8 Å². The summed E-state index contributed by atoms with van der Waals surface area (Å²) in [7, 11) is 0. The van der Waals surface area contributed by atoms with Crippen molar-refractivity contribution < 1.29 is 14.3 Å². The Kier molecular flexibility index (Phi) is 6.22. The molecule has 0 unspecified atom stereocenters. The molecule has 0 saturated carbocycles. The number of hydrogen-bond donors (Lipinski definition) is 1. The minimum atomic E-state index is -0.305. The second-order valence-corrected chi connectivity index (χ2v) is 4.15. The van der Waals surface area contributed by atoms with Crippen molar-refractivity contribution in [2.24, 2.45) is 0 Å². The maximum absolute atomic E-state index is 11.6. The number of halogens is 1. The van der Waals surface area contributed by atoms with Crippen LogP contribution in [0.1, 0.15) is 18.9 Å². The van der Waals surface area contributed by atoms with Gasteiger partial charge in [0.05, 0.1) is 19.4 Å². The predicted octanol–water partition coefficient (Wildman–Crippen LogP) is 1.95. The molecule has 1 aromatic rings. The minimum Gasteiger partial charge on any atom is -0.466 e. The molecule has 1 amide bonds. The number of amides is 1. The monoisotopic (exact) mass is 269 g/mol. The first-order chi connectivity index (χ1) is 8.61. The number of carbonyl (C=O) groups excluding carboxylic acids is 2. The smallest absolute Gasteiger partial charge is 0.307 e. The van der Waals surface area contributed by atoms with Crippen LogP contribution < -0.4 is 5.32 Å². The summed E-state index contributed by atoms with van der Waals surface area (Å²) in [5.41, 5.74) is 0.844. The van der Waals surface area contributed by atoms with Crippen LogP contribution in [-0.4, -0.2) is 25.0 Å². The average Bonchev–Trinajstić information content (AvgIpc) is 2.29. The predicted molar refractivity (Wildman–Crippen MR) is 69.4 cm³/mol. The Labute approximate surface area is 111 Å². The van der Waals surface area contributed by atoms with Crippen LogP contribution in [0, 0.1) is 0 Å². The zero-order chi connectivity index (χ0) is 13.4. The van der Waals surface area contributed by atoms with Gasteiger partial charge in [-0.25, -0.2) is 0 Å². The number of hydrogen-bond acceptors (Lipinski definition) is 3. The van der Waals surface area contributed by atoms with E-state index in [0.29, 0.717) is 11.6 Å². The highest BCUT2D eigenvalue weighted by Crippen LogP contribution is 2.10. The number of benzene rings is 1. The highest BCUT2D eigenvalue weighted by molar-refractivity contribution is 6.30. The maximum atomic E-state index is 11.6. The van der Waals surface area contributed by atoms with E-state index in [1.807, 2.05) is 6.07 Å². The number of rotatable bonds is 6.